The number of carbonyl (C=O) groups is 1. The molecule has 3 nitrogen and oxygen atoms in total. The number of aromatic carboxylic acids is 1. The first-order valence-electron chi connectivity index (χ1n) is 7.33. The lowest BCUT2D eigenvalue weighted by molar-refractivity contribution is -0.0385. The first kappa shape index (κ1) is 17.1. The summed E-state index contributed by atoms with van der Waals surface area (Å²) < 4.78 is 26.7. The number of aromatic nitrogens is 1. The van der Waals surface area contributed by atoms with Gasteiger partial charge >= 0.3 is 5.97 Å². The van der Waals surface area contributed by atoms with E-state index in [-0.39, 0.29) is 42.6 Å². The van der Waals surface area contributed by atoms with Gasteiger partial charge in [-0.15, -0.1) is 0 Å². The van der Waals surface area contributed by atoms with E-state index in [0.29, 0.717) is 16.4 Å². The molecular weight excluding hydrogens is 312 g/mol. The lowest BCUT2D eigenvalue weighted by Gasteiger charge is -2.30. The van der Waals surface area contributed by atoms with Gasteiger partial charge in [-0.25, -0.2) is 13.6 Å². The van der Waals surface area contributed by atoms with E-state index >= 15 is 0 Å². The van der Waals surface area contributed by atoms with Crippen LogP contribution in [0.4, 0.5) is 8.78 Å². The molecule has 0 saturated heterocycles. The minimum atomic E-state index is -2.65. The van der Waals surface area contributed by atoms with E-state index in [2.05, 4.69) is 4.98 Å². The Balaban J connectivity index is 2.47. The molecule has 0 aliphatic heterocycles. The van der Waals surface area contributed by atoms with Crippen molar-refractivity contribution >= 4 is 17.6 Å². The van der Waals surface area contributed by atoms with Crippen LogP contribution in [0.1, 0.15) is 74.1 Å². The van der Waals surface area contributed by atoms with Crippen LogP contribution in [0, 0.1) is 0 Å². The van der Waals surface area contributed by atoms with E-state index in [1.807, 2.05) is 20.8 Å². The lowest BCUT2D eigenvalue weighted by Crippen LogP contribution is -2.26. The van der Waals surface area contributed by atoms with E-state index in [0.717, 1.165) is 0 Å². The lowest BCUT2D eigenvalue weighted by atomic mass is 9.82. The average molecular weight is 332 g/mol. The van der Waals surface area contributed by atoms with Crippen LogP contribution in [-0.4, -0.2) is 22.0 Å². The van der Waals surface area contributed by atoms with Gasteiger partial charge in [0.15, 0.2) is 0 Å². The monoisotopic (exact) mass is 331 g/mol. The van der Waals surface area contributed by atoms with Gasteiger partial charge in [-0.2, -0.15) is 0 Å². The Labute approximate surface area is 133 Å². The van der Waals surface area contributed by atoms with Gasteiger partial charge in [0.1, 0.15) is 0 Å². The number of halogens is 3. The normalized spacial score (nSPS) is 19.2. The van der Waals surface area contributed by atoms with Gasteiger partial charge in [0, 0.05) is 24.2 Å². The molecule has 1 aliphatic rings. The van der Waals surface area contributed by atoms with Gasteiger partial charge in [-0.05, 0) is 18.9 Å². The molecule has 0 aromatic carbocycles. The highest BCUT2D eigenvalue weighted by molar-refractivity contribution is 6.31. The molecule has 1 aromatic heterocycles. The van der Waals surface area contributed by atoms with Crippen molar-refractivity contribution in [2.75, 3.05) is 0 Å². The number of alkyl halides is 2. The number of nitrogens with zero attached hydrogens (tertiary/aromatic N) is 1. The van der Waals surface area contributed by atoms with Crippen LogP contribution in [0.2, 0.25) is 5.02 Å². The smallest absolute Gasteiger partial charge is 0.337 e. The molecule has 122 valence electrons. The fraction of sp³-hybridized carbons (Fsp3) is 0.625. The molecule has 1 heterocycles. The topological polar surface area (TPSA) is 50.2 Å². The molecule has 1 N–H and O–H groups in total. The Morgan fingerprint density at radius 1 is 1.36 bits per heavy atom. The molecule has 1 fully saturated rings. The van der Waals surface area contributed by atoms with E-state index in [1.165, 1.54) is 6.07 Å². The van der Waals surface area contributed by atoms with Crippen LogP contribution >= 0.6 is 11.6 Å². The van der Waals surface area contributed by atoms with E-state index in [9.17, 15) is 18.7 Å². The zero-order chi connectivity index (χ0) is 16.7. The summed E-state index contributed by atoms with van der Waals surface area (Å²) >= 11 is 6.17. The van der Waals surface area contributed by atoms with E-state index < -0.39 is 11.9 Å². The average Bonchev–Trinajstić information content (AvgIpc) is 2.37. The maximum Gasteiger partial charge on any atom is 0.337 e. The van der Waals surface area contributed by atoms with Gasteiger partial charge in [0.2, 0.25) is 5.92 Å². The predicted molar refractivity (Wildman–Crippen MR) is 81.1 cm³/mol. The van der Waals surface area contributed by atoms with Crippen molar-refractivity contribution in [1.82, 2.24) is 4.98 Å². The largest absolute Gasteiger partial charge is 0.478 e. The summed E-state index contributed by atoms with van der Waals surface area (Å²) in [4.78, 5) is 15.9. The molecule has 1 aliphatic carbocycles. The van der Waals surface area contributed by atoms with E-state index in [1.54, 1.807) is 0 Å². The van der Waals surface area contributed by atoms with Gasteiger partial charge in [-0.3, -0.25) is 4.98 Å². The van der Waals surface area contributed by atoms with Gasteiger partial charge in [-0.1, -0.05) is 32.4 Å². The highest BCUT2D eigenvalue weighted by atomic mass is 35.5. The summed E-state index contributed by atoms with van der Waals surface area (Å²) in [5, 5.41) is 9.67. The van der Waals surface area contributed by atoms with Crippen molar-refractivity contribution in [2.45, 2.75) is 63.7 Å². The SMILES string of the molecule is CC(C)(C)c1nc(C2CCC(F)(F)CC2)c(C(=O)O)cc1Cl. The maximum absolute atomic E-state index is 13.3. The first-order chi connectivity index (χ1) is 10.0. The van der Waals surface area contributed by atoms with Gasteiger partial charge in [0.05, 0.1) is 22.0 Å². The number of rotatable bonds is 2. The molecule has 2 rings (SSSR count). The van der Waals surface area contributed by atoms with Crippen LogP contribution in [0.3, 0.4) is 0 Å². The highest BCUT2D eigenvalue weighted by Gasteiger charge is 2.37. The van der Waals surface area contributed by atoms with Gasteiger partial charge < -0.3 is 5.11 Å². The summed E-state index contributed by atoms with van der Waals surface area (Å²) in [6.07, 6.45) is 0.0226. The second kappa shape index (κ2) is 5.76. The Morgan fingerprint density at radius 3 is 2.36 bits per heavy atom. The van der Waals surface area contributed by atoms with Crippen molar-refractivity contribution < 1.29 is 18.7 Å². The fourth-order valence-electron chi connectivity index (χ4n) is 2.83. The molecule has 0 spiro atoms. The molecule has 6 heteroatoms. The van der Waals surface area contributed by atoms with Crippen LogP contribution in [0.5, 0.6) is 0 Å². The molecule has 1 aromatic rings. The highest BCUT2D eigenvalue weighted by Crippen LogP contribution is 2.42. The molecule has 0 radical (unpaired) electrons. The van der Waals surface area contributed by atoms with Crippen molar-refractivity contribution in [3.05, 3.63) is 28.0 Å². The minimum absolute atomic E-state index is 0.0215. The van der Waals surface area contributed by atoms with Crippen LogP contribution in [0.15, 0.2) is 6.07 Å². The van der Waals surface area contributed by atoms with Crippen molar-refractivity contribution in [1.29, 1.82) is 0 Å². The second-order valence-electron chi connectivity index (χ2n) is 6.94. The number of hydrogen-bond donors (Lipinski definition) is 1. The van der Waals surface area contributed by atoms with Crippen molar-refractivity contribution in [3.63, 3.8) is 0 Å². The summed E-state index contributed by atoms with van der Waals surface area (Å²) in [6.45, 7) is 5.79. The second-order valence-corrected chi connectivity index (χ2v) is 7.34. The number of carboxylic acids is 1. The number of carboxylic acid groups (broad SMARTS) is 1. The Morgan fingerprint density at radius 2 is 1.91 bits per heavy atom. The molecular formula is C16H20ClF2NO2. The quantitative estimate of drug-likeness (QED) is 0.827. The first-order valence-corrected chi connectivity index (χ1v) is 7.71. The minimum Gasteiger partial charge on any atom is -0.478 e. The number of pyridine rings is 1. The molecule has 0 atom stereocenters. The standard InChI is InChI=1S/C16H20ClF2NO2/c1-15(2,3)13-11(17)8-10(14(21)22)12(20-13)9-4-6-16(18,19)7-5-9/h8-9H,4-7H2,1-3H3,(H,21,22). The van der Waals surface area contributed by atoms with E-state index in [4.69, 9.17) is 11.6 Å². The molecule has 0 bridgehead atoms. The summed E-state index contributed by atoms with van der Waals surface area (Å²) in [5.41, 5.74) is 0.665. The zero-order valence-corrected chi connectivity index (χ0v) is 13.7. The number of hydrogen-bond acceptors (Lipinski definition) is 2. The summed E-state index contributed by atoms with van der Waals surface area (Å²) in [5.74, 6) is -4.04. The zero-order valence-electron chi connectivity index (χ0n) is 12.9. The van der Waals surface area contributed by atoms with Gasteiger partial charge in [0.25, 0.3) is 0 Å². The third-order valence-corrected chi connectivity index (χ3v) is 4.34. The Bertz CT molecular complexity index is 587. The predicted octanol–water partition coefficient (Wildman–Crippen LogP) is 5.02. The molecule has 0 unspecified atom stereocenters. The van der Waals surface area contributed by atoms with Crippen LogP contribution < -0.4 is 0 Å². The fourth-order valence-corrected chi connectivity index (χ4v) is 3.26. The summed E-state index contributed by atoms with van der Waals surface area (Å²) in [7, 11) is 0. The maximum atomic E-state index is 13.3. The van der Waals surface area contributed by atoms with Crippen LogP contribution in [0.25, 0.3) is 0 Å². The molecule has 0 amide bonds. The Hall–Kier alpha value is -1.23. The third-order valence-electron chi connectivity index (χ3n) is 4.05. The third kappa shape index (κ3) is 3.57. The Kier molecular flexibility index (Phi) is 4.49. The van der Waals surface area contributed by atoms with Crippen molar-refractivity contribution in [2.24, 2.45) is 0 Å². The van der Waals surface area contributed by atoms with Crippen LogP contribution in [-0.2, 0) is 5.41 Å². The molecule has 1 saturated carbocycles. The molecule has 22 heavy (non-hydrogen) atoms. The summed E-state index contributed by atoms with van der Waals surface area (Å²) in [6, 6.07) is 1.40. The van der Waals surface area contributed by atoms with Crippen molar-refractivity contribution in [3.8, 4) is 0 Å².